The highest BCUT2D eigenvalue weighted by atomic mass is 32.1. The van der Waals surface area contributed by atoms with Crippen LogP contribution in [0.2, 0.25) is 0 Å². The van der Waals surface area contributed by atoms with Gasteiger partial charge in [-0.15, -0.1) is 0 Å². The summed E-state index contributed by atoms with van der Waals surface area (Å²) in [5.41, 5.74) is 7.45. The van der Waals surface area contributed by atoms with Crippen LogP contribution >= 0.6 is 11.3 Å². The van der Waals surface area contributed by atoms with Crippen LogP contribution in [-0.2, 0) is 11.2 Å². The van der Waals surface area contributed by atoms with E-state index in [1.165, 1.54) is 5.56 Å². The Kier molecular flexibility index (Phi) is 3.21. The van der Waals surface area contributed by atoms with Crippen molar-refractivity contribution in [2.75, 3.05) is 0 Å². The third kappa shape index (κ3) is 2.35. The van der Waals surface area contributed by atoms with Crippen LogP contribution in [0.4, 0.5) is 0 Å². The molecule has 1 fully saturated rings. The van der Waals surface area contributed by atoms with Crippen molar-refractivity contribution in [2.24, 2.45) is 5.73 Å². The molecule has 14 heavy (non-hydrogen) atoms. The first-order valence-corrected chi connectivity index (χ1v) is 6.12. The second-order valence-corrected chi connectivity index (χ2v) is 4.84. The molecule has 2 N–H and O–H groups in total. The van der Waals surface area contributed by atoms with Gasteiger partial charge in [0.15, 0.2) is 0 Å². The number of nitrogens with two attached hydrogens (primary N) is 1. The molecule has 2 rings (SSSR count). The van der Waals surface area contributed by atoms with Crippen LogP contribution in [0.25, 0.3) is 0 Å². The molecular weight excluding hydrogens is 194 g/mol. The van der Waals surface area contributed by atoms with Gasteiger partial charge in [-0.1, -0.05) is 0 Å². The molecule has 0 radical (unpaired) electrons. The van der Waals surface area contributed by atoms with Crippen molar-refractivity contribution in [1.82, 2.24) is 0 Å². The molecule has 0 spiro atoms. The molecule has 0 bridgehead atoms. The topological polar surface area (TPSA) is 35.2 Å². The van der Waals surface area contributed by atoms with Gasteiger partial charge in [0, 0.05) is 6.04 Å². The number of hydrogen-bond donors (Lipinski definition) is 1. The van der Waals surface area contributed by atoms with E-state index >= 15 is 0 Å². The molecule has 78 valence electrons. The monoisotopic (exact) mass is 211 g/mol. The van der Waals surface area contributed by atoms with Crippen LogP contribution in [0, 0.1) is 0 Å². The summed E-state index contributed by atoms with van der Waals surface area (Å²) in [5, 5.41) is 4.26. The standard InChI is InChI=1S/C11H17NOS/c1-8-2-3-11(13-8)10(12)6-9-4-5-14-7-9/h4-5,7-8,10-11H,2-3,6,12H2,1H3. The molecule has 3 unspecified atom stereocenters. The van der Waals surface area contributed by atoms with Crippen LogP contribution in [0.5, 0.6) is 0 Å². The molecule has 3 atom stereocenters. The fraction of sp³-hybridized carbons (Fsp3) is 0.636. The Morgan fingerprint density at radius 2 is 2.50 bits per heavy atom. The lowest BCUT2D eigenvalue weighted by molar-refractivity contribution is 0.0405. The van der Waals surface area contributed by atoms with E-state index in [4.69, 9.17) is 10.5 Å². The zero-order valence-corrected chi connectivity index (χ0v) is 9.30. The molecule has 1 aromatic heterocycles. The summed E-state index contributed by atoms with van der Waals surface area (Å²) < 4.78 is 5.75. The third-order valence-electron chi connectivity index (χ3n) is 2.79. The maximum absolute atomic E-state index is 6.11. The largest absolute Gasteiger partial charge is 0.374 e. The summed E-state index contributed by atoms with van der Waals surface area (Å²) in [4.78, 5) is 0. The van der Waals surface area contributed by atoms with Crippen LogP contribution in [-0.4, -0.2) is 18.2 Å². The summed E-state index contributed by atoms with van der Waals surface area (Å²) in [6.45, 7) is 2.12. The molecule has 0 amide bonds. The summed E-state index contributed by atoms with van der Waals surface area (Å²) in [6.07, 6.45) is 3.88. The SMILES string of the molecule is CC1CCC(C(N)Cc2ccsc2)O1. The lowest BCUT2D eigenvalue weighted by Gasteiger charge is -2.18. The van der Waals surface area contributed by atoms with E-state index in [-0.39, 0.29) is 12.1 Å². The van der Waals surface area contributed by atoms with Crippen LogP contribution < -0.4 is 5.73 Å². The highest BCUT2D eigenvalue weighted by molar-refractivity contribution is 7.07. The predicted molar refractivity (Wildman–Crippen MR) is 59.6 cm³/mol. The second-order valence-electron chi connectivity index (χ2n) is 4.06. The fourth-order valence-electron chi connectivity index (χ4n) is 1.96. The first-order valence-electron chi connectivity index (χ1n) is 5.18. The van der Waals surface area contributed by atoms with E-state index in [0.29, 0.717) is 6.10 Å². The van der Waals surface area contributed by atoms with Crippen molar-refractivity contribution in [3.05, 3.63) is 22.4 Å². The highest BCUT2D eigenvalue weighted by Gasteiger charge is 2.27. The number of rotatable bonds is 3. The molecule has 3 heteroatoms. The molecule has 0 saturated carbocycles. The van der Waals surface area contributed by atoms with E-state index in [1.54, 1.807) is 11.3 Å². The van der Waals surface area contributed by atoms with Crippen LogP contribution in [0.15, 0.2) is 16.8 Å². The van der Waals surface area contributed by atoms with Crippen LogP contribution in [0.3, 0.4) is 0 Å². The van der Waals surface area contributed by atoms with E-state index in [2.05, 4.69) is 23.8 Å². The molecule has 1 aliphatic heterocycles. The van der Waals surface area contributed by atoms with Gasteiger partial charge < -0.3 is 10.5 Å². The predicted octanol–water partition coefficient (Wildman–Crippen LogP) is 2.19. The van der Waals surface area contributed by atoms with Gasteiger partial charge in [-0.2, -0.15) is 11.3 Å². The van der Waals surface area contributed by atoms with Crippen molar-refractivity contribution in [1.29, 1.82) is 0 Å². The lowest BCUT2D eigenvalue weighted by atomic mass is 10.0. The minimum Gasteiger partial charge on any atom is -0.374 e. The van der Waals surface area contributed by atoms with Gasteiger partial charge in [0.2, 0.25) is 0 Å². The highest BCUT2D eigenvalue weighted by Crippen LogP contribution is 2.22. The Morgan fingerprint density at radius 1 is 1.64 bits per heavy atom. The Morgan fingerprint density at radius 3 is 3.07 bits per heavy atom. The Hall–Kier alpha value is -0.380. The Balaban J connectivity index is 1.87. The van der Waals surface area contributed by atoms with Crippen molar-refractivity contribution in [3.8, 4) is 0 Å². The van der Waals surface area contributed by atoms with E-state index in [9.17, 15) is 0 Å². The number of hydrogen-bond acceptors (Lipinski definition) is 3. The molecule has 1 aromatic rings. The van der Waals surface area contributed by atoms with Gasteiger partial charge in [0.1, 0.15) is 0 Å². The Labute approximate surface area is 89.1 Å². The minimum absolute atomic E-state index is 0.162. The molecule has 1 saturated heterocycles. The third-order valence-corrected chi connectivity index (χ3v) is 3.53. The molecule has 0 aromatic carbocycles. The van der Waals surface area contributed by atoms with E-state index in [1.807, 2.05) is 0 Å². The van der Waals surface area contributed by atoms with Crippen molar-refractivity contribution in [2.45, 2.75) is 44.4 Å². The average Bonchev–Trinajstić information content (AvgIpc) is 2.75. The van der Waals surface area contributed by atoms with Crippen molar-refractivity contribution < 1.29 is 4.74 Å². The molecular formula is C11H17NOS. The molecule has 2 heterocycles. The fourth-order valence-corrected chi connectivity index (χ4v) is 2.64. The number of thiophene rings is 1. The van der Waals surface area contributed by atoms with E-state index in [0.717, 1.165) is 19.3 Å². The minimum atomic E-state index is 0.162. The zero-order valence-electron chi connectivity index (χ0n) is 8.48. The summed E-state index contributed by atoms with van der Waals surface area (Å²) in [5.74, 6) is 0. The summed E-state index contributed by atoms with van der Waals surface area (Å²) in [6, 6.07) is 2.30. The van der Waals surface area contributed by atoms with Gasteiger partial charge >= 0.3 is 0 Å². The lowest BCUT2D eigenvalue weighted by Crippen LogP contribution is -2.36. The normalized spacial score (nSPS) is 29.3. The van der Waals surface area contributed by atoms with Gasteiger partial charge in [-0.05, 0) is 48.6 Å². The smallest absolute Gasteiger partial charge is 0.0733 e. The molecule has 0 aliphatic carbocycles. The first kappa shape index (κ1) is 10.1. The van der Waals surface area contributed by atoms with Gasteiger partial charge in [-0.3, -0.25) is 0 Å². The maximum atomic E-state index is 6.11. The molecule has 2 nitrogen and oxygen atoms in total. The quantitative estimate of drug-likeness (QED) is 0.831. The van der Waals surface area contributed by atoms with Gasteiger partial charge in [0.05, 0.1) is 12.2 Å². The van der Waals surface area contributed by atoms with E-state index < -0.39 is 0 Å². The average molecular weight is 211 g/mol. The maximum Gasteiger partial charge on any atom is 0.0733 e. The zero-order chi connectivity index (χ0) is 9.97. The Bertz CT molecular complexity index is 273. The van der Waals surface area contributed by atoms with Gasteiger partial charge in [-0.25, -0.2) is 0 Å². The number of ether oxygens (including phenoxy) is 1. The summed E-state index contributed by atoms with van der Waals surface area (Å²) >= 11 is 1.73. The second kappa shape index (κ2) is 4.43. The van der Waals surface area contributed by atoms with Gasteiger partial charge in [0.25, 0.3) is 0 Å². The first-order chi connectivity index (χ1) is 6.75. The van der Waals surface area contributed by atoms with Crippen molar-refractivity contribution >= 4 is 11.3 Å². The molecule has 1 aliphatic rings. The van der Waals surface area contributed by atoms with Crippen molar-refractivity contribution in [3.63, 3.8) is 0 Å². The van der Waals surface area contributed by atoms with Crippen LogP contribution in [0.1, 0.15) is 25.3 Å². The summed E-state index contributed by atoms with van der Waals surface area (Å²) in [7, 11) is 0.